The van der Waals surface area contributed by atoms with Crippen LogP contribution in [0.15, 0.2) is 0 Å². The molecular formula is C17H38N2. The number of unbranched alkanes of at least 4 members (excludes halogenated alkanes) is 8. The SMILES string of the molecule is CCC(NCCCCCCCCCCCN)C(C)C. The van der Waals surface area contributed by atoms with E-state index < -0.39 is 0 Å². The van der Waals surface area contributed by atoms with E-state index in [0.29, 0.717) is 6.04 Å². The van der Waals surface area contributed by atoms with Crippen molar-refractivity contribution in [2.24, 2.45) is 11.7 Å². The zero-order valence-electron chi connectivity index (χ0n) is 13.7. The summed E-state index contributed by atoms with van der Waals surface area (Å²) in [6.45, 7) is 8.97. The molecule has 2 heteroatoms. The van der Waals surface area contributed by atoms with E-state index in [9.17, 15) is 0 Å². The fraction of sp³-hybridized carbons (Fsp3) is 1.00. The minimum Gasteiger partial charge on any atom is -0.330 e. The Morgan fingerprint density at radius 1 is 0.789 bits per heavy atom. The van der Waals surface area contributed by atoms with E-state index in [0.717, 1.165) is 12.5 Å². The zero-order valence-corrected chi connectivity index (χ0v) is 13.7. The molecule has 0 rings (SSSR count). The summed E-state index contributed by atoms with van der Waals surface area (Å²) in [6.07, 6.45) is 13.6. The van der Waals surface area contributed by atoms with Crippen LogP contribution in [0.5, 0.6) is 0 Å². The predicted molar refractivity (Wildman–Crippen MR) is 87.5 cm³/mol. The van der Waals surface area contributed by atoms with Gasteiger partial charge in [-0.05, 0) is 38.3 Å². The molecule has 0 bridgehead atoms. The summed E-state index contributed by atoms with van der Waals surface area (Å²) >= 11 is 0. The van der Waals surface area contributed by atoms with Crippen LogP contribution in [0.3, 0.4) is 0 Å². The maximum absolute atomic E-state index is 5.48. The van der Waals surface area contributed by atoms with Crippen LogP contribution in [0.2, 0.25) is 0 Å². The third-order valence-corrected chi connectivity index (χ3v) is 4.03. The van der Waals surface area contributed by atoms with Gasteiger partial charge in [-0.1, -0.05) is 65.7 Å². The number of hydrogen-bond acceptors (Lipinski definition) is 2. The quantitative estimate of drug-likeness (QED) is 0.457. The molecule has 0 saturated heterocycles. The number of nitrogens with one attached hydrogen (secondary N) is 1. The minimum absolute atomic E-state index is 0.711. The van der Waals surface area contributed by atoms with Crippen LogP contribution in [-0.4, -0.2) is 19.1 Å². The molecule has 0 aliphatic heterocycles. The van der Waals surface area contributed by atoms with Crippen molar-refractivity contribution in [3.8, 4) is 0 Å². The second kappa shape index (κ2) is 14.3. The lowest BCUT2D eigenvalue weighted by Gasteiger charge is -2.20. The molecule has 0 radical (unpaired) electrons. The van der Waals surface area contributed by atoms with Crippen LogP contribution in [0, 0.1) is 5.92 Å². The normalized spacial score (nSPS) is 13.1. The van der Waals surface area contributed by atoms with Gasteiger partial charge in [0.1, 0.15) is 0 Å². The molecule has 0 aliphatic rings. The predicted octanol–water partition coefficient (Wildman–Crippen LogP) is 4.48. The molecule has 0 aromatic carbocycles. The van der Waals surface area contributed by atoms with Crippen molar-refractivity contribution < 1.29 is 0 Å². The summed E-state index contributed by atoms with van der Waals surface area (Å²) in [5, 5.41) is 3.68. The van der Waals surface area contributed by atoms with Crippen molar-refractivity contribution in [3.63, 3.8) is 0 Å². The van der Waals surface area contributed by atoms with E-state index in [2.05, 4.69) is 26.1 Å². The maximum Gasteiger partial charge on any atom is 0.00874 e. The van der Waals surface area contributed by atoms with Crippen LogP contribution in [0.25, 0.3) is 0 Å². The van der Waals surface area contributed by atoms with Crippen LogP contribution < -0.4 is 11.1 Å². The summed E-state index contributed by atoms with van der Waals surface area (Å²) in [5.41, 5.74) is 5.48. The Labute approximate surface area is 121 Å². The molecular weight excluding hydrogens is 232 g/mol. The van der Waals surface area contributed by atoms with Crippen molar-refractivity contribution in [2.75, 3.05) is 13.1 Å². The molecule has 0 saturated carbocycles. The Morgan fingerprint density at radius 3 is 1.68 bits per heavy atom. The van der Waals surface area contributed by atoms with Crippen molar-refractivity contribution in [2.45, 2.75) is 91.0 Å². The molecule has 1 atom stereocenters. The molecule has 0 aromatic heterocycles. The van der Waals surface area contributed by atoms with E-state index in [1.165, 1.54) is 70.8 Å². The first-order valence-electron chi connectivity index (χ1n) is 8.65. The third kappa shape index (κ3) is 12.7. The number of rotatable bonds is 14. The molecule has 0 amide bonds. The number of nitrogens with two attached hydrogens (primary N) is 1. The summed E-state index contributed by atoms with van der Waals surface area (Å²) in [6, 6.07) is 0.711. The first-order valence-corrected chi connectivity index (χ1v) is 8.65. The minimum atomic E-state index is 0.711. The molecule has 116 valence electrons. The Morgan fingerprint density at radius 2 is 1.26 bits per heavy atom. The van der Waals surface area contributed by atoms with Gasteiger partial charge in [-0.25, -0.2) is 0 Å². The van der Waals surface area contributed by atoms with E-state index in [4.69, 9.17) is 5.73 Å². The maximum atomic E-state index is 5.48. The van der Waals surface area contributed by atoms with Crippen molar-refractivity contribution >= 4 is 0 Å². The van der Waals surface area contributed by atoms with Crippen LogP contribution in [-0.2, 0) is 0 Å². The van der Waals surface area contributed by atoms with E-state index in [1.54, 1.807) is 0 Å². The van der Waals surface area contributed by atoms with Gasteiger partial charge in [-0.15, -0.1) is 0 Å². The first kappa shape index (κ1) is 18.9. The standard InChI is InChI=1S/C17H38N2/c1-4-17(16(2)3)19-15-13-11-9-7-5-6-8-10-12-14-18/h16-17,19H,4-15,18H2,1-3H3. The zero-order chi connectivity index (χ0) is 14.3. The molecule has 0 fully saturated rings. The van der Waals surface area contributed by atoms with Crippen molar-refractivity contribution in [1.82, 2.24) is 5.32 Å². The highest BCUT2D eigenvalue weighted by atomic mass is 14.9. The Kier molecular flexibility index (Phi) is 14.3. The summed E-state index contributed by atoms with van der Waals surface area (Å²) in [7, 11) is 0. The lowest BCUT2D eigenvalue weighted by Crippen LogP contribution is -2.33. The lowest BCUT2D eigenvalue weighted by atomic mass is 10.0. The third-order valence-electron chi connectivity index (χ3n) is 4.03. The van der Waals surface area contributed by atoms with Gasteiger partial charge in [0.2, 0.25) is 0 Å². The molecule has 0 heterocycles. The molecule has 2 nitrogen and oxygen atoms in total. The smallest absolute Gasteiger partial charge is 0.00874 e. The lowest BCUT2D eigenvalue weighted by molar-refractivity contribution is 0.383. The monoisotopic (exact) mass is 270 g/mol. The van der Waals surface area contributed by atoms with Gasteiger partial charge < -0.3 is 11.1 Å². The number of hydrogen-bond donors (Lipinski definition) is 2. The van der Waals surface area contributed by atoms with Gasteiger partial charge in [-0.2, -0.15) is 0 Å². The van der Waals surface area contributed by atoms with Gasteiger partial charge >= 0.3 is 0 Å². The Balaban J connectivity index is 3.14. The molecule has 0 spiro atoms. The highest BCUT2D eigenvalue weighted by Crippen LogP contribution is 2.10. The Bertz CT molecular complexity index is 169. The molecule has 0 aromatic rings. The molecule has 1 unspecified atom stereocenters. The van der Waals surface area contributed by atoms with Gasteiger partial charge in [0.05, 0.1) is 0 Å². The molecule has 0 aliphatic carbocycles. The molecule has 3 N–H and O–H groups in total. The second-order valence-electron chi connectivity index (χ2n) is 6.18. The van der Waals surface area contributed by atoms with E-state index >= 15 is 0 Å². The molecule has 19 heavy (non-hydrogen) atoms. The summed E-state index contributed by atoms with van der Waals surface area (Å²) in [5.74, 6) is 0.763. The van der Waals surface area contributed by atoms with Gasteiger partial charge in [0.15, 0.2) is 0 Å². The second-order valence-corrected chi connectivity index (χ2v) is 6.18. The van der Waals surface area contributed by atoms with Gasteiger partial charge in [-0.3, -0.25) is 0 Å². The van der Waals surface area contributed by atoms with Crippen LogP contribution in [0.1, 0.15) is 85.0 Å². The van der Waals surface area contributed by atoms with Crippen molar-refractivity contribution in [3.05, 3.63) is 0 Å². The summed E-state index contributed by atoms with van der Waals surface area (Å²) < 4.78 is 0. The van der Waals surface area contributed by atoms with Gasteiger partial charge in [0.25, 0.3) is 0 Å². The van der Waals surface area contributed by atoms with Crippen LogP contribution >= 0.6 is 0 Å². The van der Waals surface area contributed by atoms with Crippen LogP contribution in [0.4, 0.5) is 0 Å². The van der Waals surface area contributed by atoms with Crippen molar-refractivity contribution in [1.29, 1.82) is 0 Å². The van der Waals surface area contributed by atoms with E-state index in [1.807, 2.05) is 0 Å². The fourth-order valence-electron chi connectivity index (χ4n) is 2.65. The Hall–Kier alpha value is -0.0800. The highest BCUT2D eigenvalue weighted by Gasteiger charge is 2.08. The first-order chi connectivity index (χ1) is 9.22. The van der Waals surface area contributed by atoms with E-state index in [-0.39, 0.29) is 0 Å². The average Bonchev–Trinajstić information content (AvgIpc) is 2.40. The topological polar surface area (TPSA) is 38.0 Å². The summed E-state index contributed by atoms with van der Waals surface area (Å²) in [4.78, 5) is 0. The highest BCUT2D eigenvalue weighted by molar-refractivity contribution is 4.68. The fourth-order valence-corrected chi connectivity index (χ4v) is 2.65. The largest absolute Gasteiger partial charge is 0.330 e. The average molecular weight is 271 g/mol. The van der Waals surface area contributed by atoms with Gasteiger partial charge in [0, 0.05) is 6.04 Å².